The molecule has 1 heterocycles. The smallest absolute Gasteiger partial charge is 0.294 e. The molecule has 28 heavy (non-hydrogen) atoms. The Morgan fingerprint density at radius 2 is 1.71 bits per heavy atom. The maximum absolute atomic E-state index is 13.2. The minimum absolute atomic E-state index is 0.179. The fraction of sp³-hybridized carbons (Fsp3) is 0.125. The van der Waals surface area contributed by atoms with Gasteiger partial charge in [-0.15, -0.1) is 0 Å². The SMILES string of the molecule is CCOc1ccc(N(Cc2cccc3ccccc23)C(=O)c2ccco2)cc1. The van der Waals surface area contributed by atoms with Crippen LogP contribution in [0.4, 0.5) is 5.69 Å². The Kier molecular flexibility index (Phi) is 5.11. The zero-order valence-corrected chi connectivity index (χ0v) is 15.7. The van der Waals surface area contributed by atoms with Crippen molar-refractivity contribution in [1.82, 2.24) is 0 Å². The van der Waals surface area contributed by atoms with Crippen molar-refractivity contribution >= 4 is 22.4 Å². The standard InChI is InChI=1S/C24H21NO3/c1-2-27-21-14-12-20(13-15-21)25(24(26)23-11-6-16-28-23)17-19-9-5-8-18-7-3-4-10-22(18)19/h3-16H,2,17H2,1H3. The Morgan fingerprint density at radius 1 is 0.929 bits per heavy atom. The summed E-state index contributed by atoms with van der Waals surface area (Å²) >= 11 is 0. The van der Waals surface area contributed by atoms with E-state index in [0.29, 0.717) is 18.9 Å². The number of carbonyl (C=O) groups excluding carboxylic acids is 1. The normalized spacial score (nSPS) is 10.8. The summed E-state index contributed by atoms with van der Waals surface area (Å²) in [6, 6.07) is 25.3. The highest BCUT2D eigenvalue weighted by Gasteiger charge is 2.21. The average molecular weight is 371 g/mol. The molecule has 0 aliphatic rings. The lowest BCUT2D eigenvalue weighted by atomic mass is 10.0. The van der Waals surface area contributed by atoms with E-state index < -0.39 is 0 Å². The van der Waals surface area contributed by atoms with Gasteiger partial charge in [-0.05, 0) is 59.7 Å². The van der Waals surface area contributed by atoms with Gasteiger partial charge in [0.1, 0.15) is 5.75 Å². The summed E-state index contributed by atoms with van der Waals surface area (Å²) in [5, 5.41) is 2.28. The summed E-state index contributed by atoms with van der Waals surface area (Å²) in [5.74, 6) is 0.915. The lowest BCUT2D eigenvalue weighted by molar-refractivity contribution is 0.0958. The van der Waals surface area contributed by atoms with Gasteiger partial charge in [-0.2, -0.15) is 0 Å². The maximum Gasteiger partial charge on any atom is 0.294 e. The van der Waals surface area contributed by atoms with Gasteiger partial charge >= 0.3 is 0 Å². The topological polar surface area (TPSA) is 42.7 Å². The number of furan rings is 1. The number of hydrogen-bond donors (Lipinski definition) is 0. The number of ether oxygens (including phenoxy) is 1. The number of carbonyl (C=O) groups is 1. The summed E-state index contributed by atoms with van der Waals surface area (Å²) in [4.78, 5) is 14.9. The van der Waals surface area contributed by atoms with Crippen LogP contribution < -0.4 is 9.64 Å². The molecule has 0 bridgehead atoms. The van der Waals surface area contributed by atoms with E-state index >= 15 is 0 Å². The first kappa shape index (κ1) is 17.9. The van der Waals surface area contributed by atoms with Crippen LogP contribution in [0.2, 0.25) is 0 Å². The molecule has 4 nitrogen and oxygen atoms in total. The van der Waals surface area contributed by atoms with E-state index in [-0.39, 0.29) is 5.91 Å². The predicted octanol–water partition coefficient (Wildman–Crippen LogP) is 5.68. The zero-order chi connectivity index (χ0) is 19.3. The van der Waals surface area contributed by atoms with E-state index in [1.54, 1.807) is 17.0 Å². The second-order valence-corrected chi connectivity index (χ2v) is 6.43. The largest absolute Gasteiger partial charge is 0.494 e. The molecule has 1 amide bonds. The molecule has 4 aromatic rings. The van der Waals surface area contributed by atoms with E-state index in [4.69, 9.17) is 9.15 Å². The highest BCUT2D eigenvalue weighted by Crippen LogP contribution is 2.26. The molecule has 0 aliphatic heterocycles. The molecule has 4 heteroatoms. The first-order chi connectivity index (χ1) is 13.8. The molecule has 1 aromatic heterocycles. The van der Waals surface area contributed by atoms with Crippen molar-refractivity contribution in [2.75, 3.05) is 11.5 Å². The van der Waals surface area contributed by atoms with Crippen molar-refractivity contribution in [3.8, 4) is 5.75 Å². The van der Waals surface area contributed by atoms with Gasteiger partial charge in [0.15, 0.2) is 5.76 Å². The molecular weight excluding hydrogens is 350 g/mol. The van der Waals surface area contributed by atoms with E-state index in [1.165, 1.54) is 6.26 Å². The van der Waals surface area contributed by atoms with Crippen LogP contribution in [-0.4, -0.2) is 12.5 Å². The second kappa shape index (κ2) is 8.01. The number of nitrogens with zero attached hydrogens (tertiary/aromatic N) is 1. The molecule has 0 saturated carbocycles. The Morgan fingerprint density at radius 3 is 2.46 bits per heavy atom. The molecule has 0 fully saturated rings. The Labute approximate surface area is 164 Å². The van der Waals surface area contributed by atoms with Gasteiger partial charge in [0.05, 0.1) is 19.4 Å². The molecule has 0 N–H and O–H groups in total. The minimum Gasteiger partial charge on any atom is -0.494 e. The van der Waals surface area contributed by atoms with E-state index in [9.17, 15) is 4.79 Å². The molecule has 0 radical (unpaired) electrons. The van der Waals surface area contributed by atoms with Crippen molar-refractivity contribution in [2.24, 2.45) is 0 Å². The van der Waals surface area contributed by atoms with Crippen molar-refractivity contribution in [1.29, 1.82) is 0 Å². The molecule has 0 unspecified atom stereocenters. The molecule has 4 rings (SSSR count). The number of benzene rings is 3. The Hall–Kier alpha value is -3.53. The fourth-order valence-electron chi connectivity index (χ4n) is 3.30. The van der Waals surface area contributed by atoms with Gasteiger partial charge in [0, 0.05) is 5.69 Å². The lowest BCUT2D eigenvalue weighted by Crippen LogP contribution is -2.30. The second-order valence-electron chi connectivity index (χ2n) is 6.43. The third-order valence-corrected chi connectivity index (χ3v) is 4.64. The Bertz CT molecular complexity index is 1060. The number of amides is 1. The number of rotatable bonds is 6. The molecule has 0 saturated heterocycles. The summed E-state index contributed by atoms with van der Waals surface area (Å²) < 4.78 is 10.9. The minimum atomic E-state index is -0.179. The number of fused-ring (bicyclic) bond motifs is 1. The van der Waals surface area contributed by atoms with Gasteiger partial charge in [-0.25, -0.2) is 0 Å². The van der Waals surface area contributed by atoms with Crippen molar-refractivity contribution in [3.05, 3.63) is 96.4 Å². The van der Waals surface area contributed by atoms with Gasteiger partial charge in [-0.1, -0.05) is 42.5 Å². The monoisotopic (exact) mass is 371 g/mol. The quantitative estimate of drug-likeness (QED) is 0.438. The fourth-order valence-corrected chi connectivity index (χ4v) is 3.30. The van der Waals surface area contributed by atoms with E-state index in [2.05, 4.69) is 24.3 Å². The van der Waals surface area contributed by atoms with Crippen LogP contribution in [0.3, 0.4) is 0 Å². The van der Waals surface area contributed by atoms with Crippen LogP contribution >= 0.6 is 0 Å². The number of hydrogen-bond acceptors (Lipinski definition) is 3. The van der Waals surface area contributed by atoms with Crippen LogP contribution in [0.25, 0.3) is 10.8 Å². The Balaban J connectivity index is 1.73. The van der Waals surface area contributed by atoms with Crippen LogP contribution in [0.1, 0.15) is 23.0 Å². The van der Waals surface area contributed by atoms with Crippen molar-refractivity contribution in [3.63, 3.8) is 0 Å². The summed E-state index contributed by atoms with van der Waals surface area (Å²) in [6.07, 6.45) is 1.52. The highest BCUT2D eigenvalue weighted by atomic mass is 16.5. The summed E-state index contributed by atoms with van der Waals surface area (Å²) in [6.45, 7) is 2.99. The summed E-state index contributed by atoms with van der Waals surface area (Å²) in [7, 11) is 0. The third kappa shape index (κ3) is 3.62. The third-order valence-electron chi connectivity index (χ3n) is 4.64. The molecular formula is C24H21NO3. The maximum atomic E-state index is 13.2. The van der Waals surface area contributed by atoms with Gasteiger partial charge in [0.25, 0.3) is 5.91 Å². The van der Waals surface area contributed by atoms with Gasteiger partial charge in [0.2, 0.25) is 0 Å². The van der Waals surface area contributed by atoms with Crippen LogP contribution in [0.5, 0.6) is 5.75 Å². The molecule has 140 valence electrons. The van der Waals surface area contributed by atoms with E-state index in [0.717, 1.165) is 27.8 Å². The van der Waals surface area contributed by atoms with Crippen LogP contribution in [-0.2, 0) is 6.54 Å². The van der Waals surface area contributed by atoms with Gasteiger partial charge < -0.3 is 14.1 Å². The molecule has 0 spiro atoms. The zero-order valence-electron chi connectivity index (χ0n) is 15.7. The highest BCUT2D eigenvalue weighted by molar-refractivity contribution is 6.04. The van der Waals surface area contributed by atoms with Crippen molar-refractivity contribution < 1.29 is 13.9 Å². The predicted molar refractivity (Wildman–Crippen MR) is 111 cm³/mol. The van der Waals surface area contributed by atoms with Gasteiger partial charge in [-0.3, -0.25) is 4.79 Å². The first-order valence-electron chi connectivity index (χ1n) is 9.31. The van der Waals surface area contributed by atoms with Crippen LogP contribution in [0, 0.1) is 0 Å². The average Bonchev–Trinajstić information content (AvgIpc) is 3.27. The van der Waals surface area contributed by atoms with Crippen LogP contribution in [0.15, 0.2) is 89.5 Å². The molecule has 3 aromatic carbocycles. The van der Waals surface area contributed by atoms with E-state index in [1.807, 2.05) is 49.4 Å². The van der Waals surface area contributed by atoms with Crippen molar-refractivity contribution in [2.45, 2.75) is 13.5 Å². The number of anilines is 1. The molecule has 0 aliphatic carbocycles. The molecule has 0 atom stereocenters. The lowest BCUT2D eigenvalue weighted by Gasteiger charge is -2.23. The summed E-state index contributed by atoms with van der Waals surface area (Å²) in [5.41, 5.74) is 1.87. The first-order valence-corrected chi connectivity index (χ1v) is 9.31.